The maximum absolute atomic E-state index is 6.83. The monoisotopic (exact) mass is 157 g/mol. The quantitative estimate of drug-likeness (QED) is 0.579. The molecule has 0 N–H and O–H groups in total. The van der Waals surface area contributed by atoms with Crippen LogP contribution < -0.4 is 0 Å². The zero-order valence-electron chi connectivity index (χ0n) is 7.65. The lowest BCUT2D eigenvalue weighted by atomic mass is 10.0. The van der Waals surface area contributed by atoms with E-state index in [1.807, 2.05) is 0 Å². The summed E-state index contributed by atoms with van der Waals surface area (Å²) in [6.07, 6.45) is 8.49. The van der Waals surface area contributed by atoms with Crippen molar-refractivity contribution in [2.24, 2.45) is 0 Å². The van der Waals surface area contributed by atoms with Crippen molar-refractivity contribution in [3.05, 3.63) is 41.3 Å². The SMILES string of the molecule is [C]#CCCc1cc(C)ccc1C. The molecule has 0 aliphatic rings. The van der Waals surface area contributed by atoms with E-state index in [1.165, 1.54) is 16.7 Å². The molecule has 0 saturated carbocycles. The second-order valence-electron chi connectivity index (χ2n) is 3.11. The van der Waals surface area contributed by atoms with Gasteiger partial charge in [0.1, 0.15) is 0 Å². The van der Waals surface area contributed by atoms with Crippen LogP contribution in [0.3, 0.4) is 0 Å². The van der Waals surface area contributed by atoms with Crippen molar-refractivity contribution in [1.82, 2.24) is 0 Å². The Labute approximate surface area is 74.6 Å². The summed E-state index contributed by atoms with van der Waals surface area (Å²) in [7, 11) is 0. The van der Waals surface area contributed by atoms with Gasteiger partial charge in [0.15, 0.2) is 0 Å². The third-order valence-electron chi connectivity index (χ3n) is 2.02. The van der Waals surface area contributed by atoms with Crippen LogP contribution in [0.15, 0.2) is 18.2 Å². The van der Waals surface area contributed by atoms with Crippen molar-refractivity contribution >= 4 is 0 Å². The minimum atomic E-state index is 0.726. The van der Waals surface area contributed by atoms with E-state index in [0.29, 0.717) is 0 Å². The molecular weight excluding hydrogens is 144 g/mol. The first kappa shape index (κ1) is 8.87. The number of hydrogen-bond acceptors (Lipinski definition) is 0. The van der Waals surface area contributed by atoms with Crippen LogP contribution >= 0.6 is 0 Å². The molecule has 0 aliphatic heterocycles. The number of hydrogen-bond donors (Lipinski definition) is 0. The fourth-order valence-electron chi connectivity index (χ4n) is 1.27. The molecule has 0 atom stereocenters. The fourth-order valence-corrected chi connectivity index (χ4v) is 1.27. The number of benzene rings is 1. The van der Waals surface area contributed by atoms with Crippen LogP contribution in [-0.2, 0) is 6.42 Å². The topological polar surface area (TPSA) is 0 Å². The van der Waals surface area contributed by atoms with Crippen LogP contribution in [0.25, 0.3) is 0 Å². The van der Waals surface area contributed by atoms with Crippen LogP contribution in [0.2, 0.25) is 0 Å². The minimum absolute atomic E-state index is 0.726. The maximum Gasteiger partial charge on any atom is 0.0139 e. The summed E-state index contributed by atoms with van der Waals surface area (Å²) in [4.78, 5) is 0. The highest BCUT2D eigenvalue weighted by Gasteiger charge is 1.96. The van der Waals surface area contributed by atoms with E-state index in [-0.39, 0.29) is 0 Å². The van der Waals surface area contributed by atoms with Gasteiger partial charge in [0.25, 0.3) is 0 Å². The van der Waals surface area contributed by atoms with Crippen molar-refractivity contribution in [2.45, 2.75) is 26.7 Å². The molecule has 0 bridgehead atoms. The second-order valence-corrected chi connectivity index (χ2v) is 3.11. The van der Waals surface area contributed by atoms with Crippen molar-refractivity contribution in [1.29, 1.82) is 0 Å². The van der Waals surface area contributed by atoms with Crippen molar-refractivity contribution < 1.29 is 0 Å². The molecule has 0 aliphatic carbocycles. The van der Waals surface area contributed by atoms with E-state index in [1.54, 1.807) is 0 Å². The van der Waals surface area contributed by atoms with Gasteiger partial charge in [0, 0.05) is 6.42 Å². The van der Waals surface area contributed by atoms with Gasteiger partial charge in [-0.05, 0) is 37.8 Å². The van der Waals surface area contributed by atoms with E-state index in [9.17, 15) is 0 Å². The lowest BCUT2D eigenvalue weighted by Crippen LogP contribution is -1.89. The Morgan fingerprint density at radius 3 is 2.75 bits per heavy atom. The number of rotatable bonds is 2. The Hall–Kier alpha value is -1.22. The summed E-state index contributed by atoms with van der Waals surface area (Å²) in [5.41, 5.74) is 3.95. The Kier molecular flexibility index (Phi) is 2.94. The molecule has 0 heteroatoms. The fraction of sp³-hybridized carbons (Fsp3) is 0.333. The zero-order valence-corrected chi connectivity index (χ0v) is 7.65. The first-order chi connectivity index (χ1) is 5.74. The van der Waals surface area contributed by atoms with Gasteiger partial charge in [-0.2, -0.15) is 0 Å². The molecule has 1 aromatic carbocycles. The molecule has 1 aromatic rings. The standard InChI is InChI=1S/C12H13/c1-4-5-6-12-9-10(2)7-8-11(12)3/h7-9H,5-6H2,2-3H3. The zero-order chi connectivity index (χ0) is 8.97. The van der Waals surface area contributed by atoms with Crippen LogP contribution in [0.4, 0.5) is 0 Å². The van der Waals surface area contributed by atoms with Gasteiger partial charge in [-0.15, -0.1) is 0 Å². The van der Waals surface area contributed by atoms with Crippen molar-refractivity contribution in [2.75, 3.05) is 0 Å². The van der Waals surface area contributed by atoms with E-state index in [2.05, 4.69) is 38.0 Å². The lowest BCUT2D eigenvalue weighted by Gasteiger charge is -2.04. The smallest absolute Gasteiger partial charge is 0.0139 e. The summed E-state index contributed by atoms with van der Waals surface area (Å²) in [6.45, 7) is 4.20. The van der Waals surface area contributed by atoms with Gasteiger partial charge in [-0.25, -0.2) is 0 Å². The highest BCUT2D eigenvalue weighted by Crippen LogP contribution is 2.12. The summed E-state index contributed by atoms with van der Waals surface area (Å²) in [5.74, 6) is 2.41. The summed E-state index contributed by atoms with van der Waals surface area (Å²) < 4.78 is 0. The highest BCUT2D eigenvalue weighted by molar-refractivity contribution is 5.30. The average Bonchev–Trinajstić information content (AvgIpc) is 2.07. The molecular formula is C12H13. The predicted octanol–water partition coefficient (Wildman–Crippen LogP) is 2.83. The van der Waals surface area contributed by atoms with Crippen molar-refractivity contribution in [3.8, 4) is 5.92 Å². The first-order valence-corrected chi connectivity index (χ1v) is 4.20. The van der Waals surface area contributed by atoms with E-state index >= 15 is 0 Å². The molecule has 1 rings (SSSR count). The Morgan fingerprint density at radius 1 is 1.33 bits per heavy atom. The molecule has 0 amide bonds. The molecule has 1 radical (unpaired) electrons. The highest BCUT2D eigenvalue weighted by atomic mass is 14.0. The van der Waals surface area contributed by atoms with E-state index in [0.717, 1.165) is 12.8 Å². The van der Waals surface area contributed by atoms with Crippen LogP contribution in [0, 0.1) is 26.2 Å². The molecule has 0 saturated heterocycles. The van der Waals surface area contributed by atoms with Gasteiger partial charge in [-0.3, -0.25) is 0 Å². The Bertz CT molecular complexity index is 302. The molecule has 12 heavy (non-hydrogen) atoms. The molecule has 0 spiro atoms. The van der Waals surface area contributed by atoms with Crippen LogP contribution in [0.1, 0.15) is 23.1 Å². The first-order valence-electron chi connectivity index (χ1n) is 4.20. The molecule has 0 fully saturated rings. The molecule has 61 valence electrons. The third kappa shape index (κ3) is 2.13. The van der Waals surface area contributed by atoms with Crippen LogP contribution in [-0.4, -0.2) is 0 Å². The minimum Gasteiger partial charge on any atom is -0.0888 e. The van der Waals surface area contributed by atoms with Gasteiger partial charge in [-0.1, -0.05) is 29.7 Å². The average molecular weight is 157 g/mol. The lowest BCUT2D eigenvalue weighted by molar-refractivity contribution is 1.01. The Balaban J connectivity index is 2.84. The molecule has 0 heterocycles. The van der Waals surface area contributed by atoms with E-state index < -0.39 is 0 Å². The van der Waals surface area contributed by atoms with Gasteiger partial charge in [0.05, 0.1) is 0 Å². The van der Waals surface area contributed by atoms with Gasteiger partial charge >= 0.3 is 0 Å². The van der Waals surface area contributed by atoms with Gasteiger partial charge in [0.2, 0.25) is 0 Å². The summed E-state index contributed by atoms with van der Waals surface area (Å²) >= 11 is 0. The number of aryl methyl sites for hydroxylation is 3. The largest absolute Gasteiger partial charge is 0.0888 e. The molecule has 0 aromatic heterocycles. The second kappa shape index (κ2) is 3.97. The van der Waals surface area contributed by atoms with Gasteiger partial charge < -0.3 is 0 Å². The third-order valence-corrected chi connectivity index (χ3v) is 2.02. The maximum atomic E-state index is 6.83. The predicted molar refractivity (Wildman–Crippen MR) is 51.4 cm³/mol. The summed E-state index contributed by atoms with van der Waals surface area (Å²) in [6, 6.07) is 6.44. The molecule has 0 nitrogen and oxygen atoms in total. The van der Waals surface area contributed by atoms with Crippen molar-refractivity contribution in [3.63, 3.8) is 0 Å². The molecule has 0 unspecified atom stereocenters. The Morgan fingerprint density at radius 2 is 2.08 bits per heavy atom. The van der Waals surface area contributed by atoms with Crippen LogP contribution in [0.5, 0.6) is 0 Å². The summed E-state index contributed by atoms with van der Waals surface area (Å²) in [5, 5.41) is 0. The van der Waals surface area contributed by atoms with E-state index in [4.69, 9.17) is 6.42 Å². The normalized spacial score (nSPS) is 9.42.